The Kier molecular flexibility index (Phi) is 3.82. The first-order valence-corrected chi connectivity index (χ1v) is 6.57. The molecule has 5 heteroatoms. The normalized spacial score (nSPS) is 32.2. The lowest BCUT2D eigenvalue weighted by atomic mass is 9.77. The van der Waals surface area contributed by atoms with Gasteiger partial charge in [0.05, 0.1) is 13.2 Å². The highest BCUT2D eigenvalue weighted by Crippen LogP contribution is 2.33. The fourth-order valence-corrected chi connectivity index (χ4v) is 2.79. The van der Waals surface area contributed by atoms with Crippen molar-refractivity contribution in [2.45, 2.75) is 26.4 Å². The summed E-state index contributed by atoms with van der Waals surface area (Å²) in [6.07, 6.45) is -0.254. The summed E-state index contributed by atoms with van der Waals surface area (Å²) in [6, 6.07) is 0. The molecule has 2 fully saturated rings. The molecule has 3 atom stereocenters. The standard InChI is InChI=1S/C13H23NO4/c1-13(2,3)18-12(16)14-4-9-7-17-8-10(5-14)11(9)6-15/h9-11,15H,4-8H2,1-3H3/t9-,10?,11?/m1/s1. The zero-order valence-electron chi connectivity index (χ0n) is 11.4. The van der Waals surface area contributed by atoms with E-state index in [0.717, 1.165) is 0 Å². The lowest BCUT2D eigenvalue weighted by Crippen LogP contribution is -2.55. The Hall–Kier alpha value is -0.810. The van der Waals surface area contributed by atoms with Gasteiger partial charge in [0.2, 0.25) is 0 Å². The van der Waals surface area contributed by atoms with Crippen molar-refractivity contribution in [1.29, 1.82) is 0 Å². The SMILES string of the molecule is CC(C)(C)OC(=O)N1CC2COC[C@@H](C1)C2CO. The third-order valence-corrected chi connectivity index (χ3v) is 3.65. The highest BCUT2D eigenvalue weighted by molar-refractivity contribution is 5.68. The maximum absolute atomic E-state index is 12.0. The van der Waals surface area contributed by atoms with Crippen molar-refractivity contribution in [3.63, 3.8) is 0 Å². The average molecular weight is 257 g/mol. The van der Waals surface area contributed by atoms with E-state index in [4.69, 9.17) is 9.47 Å². The Labute approximate surface area is 108 Å². The lowest BCUT2D eigenvalue weighted by Gasteiger charge is -2.46. The molecule has 2 bridgehead atoms. The Bertz CT molecular complexity index is 299. The minimum atomic E-state index is -0.462. The minimum absolute atomic E-state index is 0.181. The van der Waals surface area contributed by atoms with Crippen LogP contribution < -0.4 is 0 Å². The summed E-state index contributed by atoms with van der Waals surface area (Å²) in [6.45, 7) is 8.29. The number of ether oxygens (including phenoxy) is 2. The summed E-state index contributed by atoms with van der Waals surface area (Å²) < 4.78 is 10.9. The van der Waals surface area contributed by atoms with Crippen LogP contribution >= 0.6 is 0 Å². The van der Waals surface area contributed by atoms with Crippen LogP contribution in [0.25, 0.3) is 0 Å². The molecule has 18 heavy (non-hydrogen) atoms. The second kappa shape index (κ2) is 5.05. The second-order valence-corrected chi connectivity index (χ2v) is 6.29. The number of amides is 1. The Morgan fingerprint density at radius 2 is 1.89 bits per heavy atom. The molecule has 0 aromatic carbocycles. The first-order valence-electron chi connectivity index (χ1n) is 6.57. The van der Waals surface area contributed by atoms with Gasteiger partial charge in [-0.25, -0.2) is 4.79 Å². The van der Waals surface area contributed by atoms with Crippen molar-refractivity contribution in [1.82, 2.24) is 4.90 Å². The molecule has 0 radical (unpaired) electrons. The monoisotopic (exact) mass is 257 g/mol. The molecular weight excluding hydrogens is 234 g/mol. The fourth-order valence-electron chi connectivity index (χ4n) is 2.79. The molecule has 2 saturated heterocycles. The largest absolute Gasteiger partial charge is 0.444 e. The van der Waals surface area contributed by atoms with Crippen LogP contribution in [0.3, 0.4) is 0 Å². The molecule has 104 valence electrons. The molecule has 0 aromatic heterocycles. The maximum atomic E-state index is 12.0. The van der Waals surface area contributed by atoms with Gasteiger partial charge in [0.25, 0.3) is 0 Å². The highest BCUT2D eigenvalue weighted by Gasteiger charge is 2.42. The second-order valence-electron chi connectivity index (χ2n) is 6.29. The van der Waals surface area contributed by atoms with Crippen LogP contribution in [0.2, 0.25) is 0 Å². The van der Waals surface area contributed by atoms with E-state index < -0.39 is 5.60 Å². The number of carbonyl (C=O) groups is 1. The van der Waals surface area contributed by atoms with Gasteiger partial charge in [-0.3, -0.25) is 0 Å². The van der Waals surface area contributed by atoms with Gasteiger partial charge in [-0.05, 0) is 26.7 Å². The summed E-state index contributed by atoms with van der Waals surface area (Å²) in [5.74, 6) is 0.725. The molecule has 1 amide bonds. The molecule has 2 unspecified atom stereocenters. The number of fused-ring (bicyclic) bond motifs is 2. The van der Waals surface area contributed by atoms with Gasteiger partial charge in [-0.1, -0.05) is 0 Å². The number of hydrogen-bond acceptors (Lipinski definition) is 4. The summed E-state index contributed by atoms with van der Waals surface area (Å²) in [7, 11) is 0. The molecule has 1 N–H and O–H groups in total. The lowest BCUT2D eigenvalue weighted by molar-refractivity contribution is -0.0971. The molecule has 5 nitrogen and oxygen atoms in total. The number of piperidine rings is 1. The van der Waals surface area contributed by atoms with E-state index in [1.165, 1.54) is 0 Å². The smallest absolute Gasteiger partial charge is 0.410 e. The zero-order chi connectivity index (χ0) is 13.3. The third kappa shape index (κ3) is 2.95. The topological polar surface area (TPSA) is 59.0 Å². The number of nitrogens with zero attached hydrogens (tertiary/aromatic N) is 1. The van der Waals surface area contributed by atoms with Crippen LogP contribution in [0.5, 0.6) is 0 Å². The van der Waals surface area contributed by atoms with Crippen molar-refractivity contribution in [3.8, 4) is 0 Å². The molecule has 2 rings (SSSR count). The Balaban J connectivity index is 1.99. The van der Waals surface area contributed by atoms with Gasteiger partial charge in [0, 0.05) is 31.5 Å². The van der Waals surface area contributed by atoms with E-state index in [1.807, 2.05) is 20.8 Å². The van der Waals surface area contributed by atoms with Gasteiger partial charge >= 0.3 is 6.09 Å². The summed E-state index contributed by atoms with van der Waals surface area (Å²) in [5, 5.41) is 9.42. The van der Waals surface area contributed by atoms with Crippen molar-refractivity contribution in [2.75, 3.05) is 32.9 Å². The van der Waals surface area contributed by atoms with Crippen LogP contribution in [0.15, 0.2) is 0 Å². The molecule has 2 aliphatic heterocycles. The van der Waals surface area contributed by atoms with Crippen LogP contribution in [-0.4, -0.2) is 54.6 Å². The van der Waals surface area contributed by atoms with Gasteiger partial charge in [0.1, 0.15) is 5.60 Å². The fraction of sp³-hybridized carbons (Fsp3) is 0.923. The third-order valence-electron chi connectivity index (χ3n) is 3.65. The predicted molar refractivity (Wildman–Crippen MR) is 66.2 cm³/mol. The molecular formula is C13H23NO4. The van der Waals surface area contributed by atoms with E-state index in [9.17, 15) is 9.90 Å². The van der Waals surface area contributed by atoms with Crippen LogP contribution in [0.1, 0.15) is 20.8 Å². The first kappa shape index (κ1) is 13.6. The summed E-state index contributed by atoms with van der Waals surface area (Å²) >= 11 is 0. The van der Waals surface area contributed by atoms with E-state index in [-0.39, 0.29) is 30.5 Å². The quantitative estimate of drug-likeness (QED) is 0.764. The molecule has 0 aliphatic carbocycles. The van der Waals surface area contributed by atoms with Crippen molar-refractivity contribution in [3.05, 3.63) is 0 Å². The average Bonchev–Trinajstić information content (AvgIpc) is 2.24. The predicted octanol–water partition coefficient (Wildman–Crippen LogP) is 1.11. The van der Waals surface area contributed by atoms with Crippen molar-refractivity contribution in [2.24, 2.45) is 17.8 Å². The van der Waals surface area contributed by atoms with Gasteiger partial charge in [-0.2, -0.15) is 0 Å². The molecule has 2 aliphatic rings. The van der Waals surface area contributed by atoms with Crippen molar-refractivity contribution < 1.29 is 19.4 Å². The summed E-state index contributed by atoms with van der Waals surface area (Å²) in [4.78, 5) is 13.8. The minimum Gasteiger partial charge on any atom is -0.444 e. The van der Waals surface area contributed by atoms with Crippen LogP contribution in [0, 0.1) is 17.8 Å². The zero-order valence-corrected chi connectivity index (χ0v) is 11.4. The Morgan fingerprint density at radius 1 is 1.33 bits per heavy atom. The molecule has 0 saturated carbocycles. The van der Waals surface area contributed by atoms with Gasteiger partial charge in [0.15, 0.2) is 0 Å². The van der Waals surface area contributed by atoms with E-state index in [2.05, 4.69) is 0 Å². The number of aliphatic hydroxyl groups excluding tert-OH is 1. The van der Waals surface area contributed by atoms with Gasteiger partial charge in [-0.15, -0.1) is 0 Å². The Morgan fingerprint density at radius 3 is 2.33 bits per heavy atom. The molecule has 2 heterocycles. The van der Waals surface area contributed by atoms with Crippen LogP contribution in [0.4, 0.5) is 4.79 Å². The number of carbonyl (C=O) groups excluding carboxylic acids is 1. The number of hydrogen-bond donors (Lipinski definition) is 1. The number of aliphatic hydroxyl groups is 1. The first-order chi connectivity index (χ1) is 8.40. The van der Waals surface area contributed by atoms with Crippen molar-refractivity contribution >= 4 is 6.09 Å². The maximum Gasteiger partial charge on any atom is 0.410 e. The van der Waals surface area contributed by atoms with E-state index >= 15 is 0 Å². The number of likely N-dealkylation sites (tertiary alicyclic amines) is 1. The molecule has 0 aromatic rings. The van der Waals surface area contributed by atoms with E-state index in [0.29, 0.717) is 26.3 Å². The van der Waals surface area contributed by atoms with Crippen LogP contribution in [-0.2, 0) is 9.47 Å². The van der Waals surface area contributed by atoms with Gasteiger partial charge < -0.3 is 19.5 Å². The number of rotatable bonds is 1. The molecule has 0 spiro atoms. The summed E-state index contributed by atoms with van der Waals surface area (Å²) in [5.41, 5.74) is -0.462. The van der Waals surface area contributed by atoms with E-state index in [1.54, 1.807) is 4.90 Å². The highest BCUT2D eigenvalue weighted by atomic mass is 16.6.